The van der Waals surface area contributed by atoms with Gasteiger partial charge in [0.05, 0.1) is 14.2 Å². The quantitative estimate of drug-likeness (QED) is 0.801. The predicted octanol–water partition coefficient (Wildman–Crippen LogP) is 1.76. The second kappa shape index (κ2) is 4.38. The Bertz CT molecular complexity index is 401. The van der Waals surface area contributed by atoms with Crippen LogP contribution in [0.5, 0.6) is 11.5 Å². The number of ether oxygens (including phenoxy) is 2. The van der Waals surface area contributed by atoms with Gasteiger partial charge in [0.15, 0.2) is 11.5 Å². The highest BCUT2D eigenvalue weighted by Gasteiger charge is 2.36. The van der Waals surface area contributed by atoms with E-state index in [4.69, 9.17) is 4.74 Å². The van der Waals surface area contributed by atoms with Gasteiger partial charge < -0.3 is 14.6 Å². The number of methoxy groups -OCH3 is 2. The van der Waals surface area contributed by atoms with Crippen LogP contribution in [-0.4, -0.2) is 25.3 Å². The van der Waals surface area contributed by atoms with E-state index in [-0.39, 0.29) is 17.1 Å². The van der Waals surface area contributed by atoms with Crippen LogP contribution >= 0.6 is 0 Å². The lowest BCUT2D eigenvalue weighted by molar-refractivity contribution is -0.154. The molecule has 0 spiro atoms. The molecule has 1 aromatic rings. The molecule has 0 aromatic heterocycles. The van der Waals surface area contributed by atoms with Crippen LogP contribution in [0.25, 0.3) is 0 Å². The number of halogens is 1. The maximum absolute atomic E-state index is 14.0. The van der Waals surface area contributed by atoms with Crippen molar-refractivity contribution < 1.29 is 23.8 Å². The van der Waals surface area contributed by atoms with E-state index in [1.807, 2.05) is 0 Å². The first-order valence-electron chi connectivity index (χ1n) is 4.58. The number of phenols is 1. The smallest absolute Gasteiger partial charge is 0.348 e. The first-order valence-corrected chi connectivity index (χ1v) is 4.58. The normalized spacial score (nSPS) is 14.0. The van der Waals surface area contributed by atoms with E-state index in [2.05, 4.69) is 4.74 Å². The van der Waals surface area contributed by atoms with Gasteiger partial charge in [0.1, 0.15) is 0 Å². The monoisotopic (exact) mass is 228 g/mol. The Kier molecular flexibility index (Phi) is 3.37. The van der Waals surface area contributed by atoms with Crippen molar-refractivity contribution >= 4 is 5.97 Å². The molecular weight excluding hydrogens is 215 g/mol. The molecule has 1 aromatic carbocycles. The average molecular weight is 228 g/mol. The molecule has 0 heterocycles. The minimum atomic E-state index is -2.29. The summed E-state index contributed by atoms with van der Waals surface area (Å²) in [6.45, 7) is 1.07. The third-order valence-corrected chi connectivity index (χ3v) is 2.29. The molecule has 0 amide bonds. The summed E-state index contributed by atoms with van der Waals surface area (Å²) in [7, 11) is 2.48. The Labute approximate surface area is 92.6 Å². The fourth-order valence-corrected chi connectivity index (χ4v) is 1.29. The van der Waals surface area contributed by atoms with E-state index in [1.165, 1.54) is 19.2 Å². The van der Waals surface area contributed by atoms with E-state index >= 15 is 0 Å². The molecule has 0 fully saturated rings. The summed E-state index contributed by atoms with van der Waals surface area (Å²) in [5.74, 6) is -1.03. The molecule has 0 saturated carbocycles. The SMILES string of the molecule is COC(=O)C(C)(F)c1ccc(OC)c(O)c1. The number of alkyl halides is 1. The highest BCUT2D eigenvalue weighted by molar-refractivity contribution is 5.80. The fourth-order valence-electron chi connectivity index (χ4n) is 1.29. The van der Waals surface area contributed by atoms with E-state index in [9.17, 15) is 14.3 Å². The van der Waals surface area contributed by atoms with E-state index in [0.29, 0.717) is 0 Å². The zero-order valence-electron chi connectivity index (χ0n) is 9.28. The van der Waals surface area contributed by atoms with Crippen LogP contribution < -0.4 is 4.74 Å². The topological polar surface area (TPSA) is 55.8 Å². The van der Waals surface area contributed by atoms with Crippen molar-refractivity contribution in [3.05, 3.63) is 23.8 Å². The van der Waals surface area contributed by atoms with Gasteiger partial charge in [-0.25, -0.2) is 9.18 Å². The molecule has 0 bridgehead atoms. The van der Waals surface area contributed by atoms with Crippen molar-refractivity contribution in [2.45, 2.75) is 12.6 Å². The van der Waals surface area contributed by atoms with Crippen LogP contribution in [0.2, 0.25) is 0 Å². The van der Waals surface area contributed by atoms with Crippen molar-refractivity contribution in [1.82, 2.24) is 0 Å². The maximum atomic E-state index is 14.0. The lowest BCUT2D eigenvalue weighted by Crippen LogP contribution is -2.28. The molecule has 0 saturated heterocycles. The number of phenolic OH excluding ortho intramolecular Hbond substituents is 1. The molecular formula is C11H13FO4. The lowest BCUT2D eigenvalue weighted by Gasteiger charge is -2.18. The Morgan fingerprint density at radius 2 is 2.06 bits per heavy atom. The number of esters is 1. The number of benzene rings is 1. The summed E-state index contributed by atoms with van der Waals surface area (Å²) in [6.07, 6.45) is 0. The summed E-state index contributed by atoms with van der Waals surface area (Å²) in [4.78, 5) is 11.2. The number of rotatable bonds is 3. The first kappa shape index (κ1) is 12.3. The summed E-state index contributed by atoms with van der Waals surface area (Å²) in [5.41, 5.74) is -2.28. The van der Waals surface area contributed by atoms with Gasteiger partial charge in [-0.1, -0.05) is 6.07 Å². The lowest BCUT2D eigenvalue weighted by atomic mass is 9.97. The van der Waals surface area contributed by atoms with Gasteiger partial charge in [0, 0.05) is 5.56 Å². The predicted molar refractivity (Wildman–Crippen MR) is 55.1 cm³/mol. The van der Waals surface area contributed by atoms with Crippen molar-refractivity contribution in [2.24, 2.45) is 0 Å². The van der Waals surface area contributed by atoms with Crippen molar-refractivity contribution in [2.75, 3.05) is 14.2 Å². The second-order valence-corrected chi connectivity index (χ2v) is 3.38. The Morgan fingerprint density at radius 1 is 1.44 bits per heavy atom. The Hall–Kier alpha value is -1.78. The molecule has 88 valence electrons. The molecule has 1 unspecified atom stereocenters. The molecule has 1 rings (SSSR count). The first-order chi connectivity index (χ1) is 7.43. The largest absolute Gasteiger partial charge is 0.504 e. The molecule has 0 aliphatic heterocycles. The Balaban J connectivity index is 3.14. The Morgan fingerprint density at radius 3 is 2.50 bits per heavy atom. The number of hydrogen-bond acceptors (Lipinski definition) is 4. The summed E-state index contributed by atoms with van der Waals surface area (Å²) in [6, 6.07) is 3.87. The standard InChI is InChI=1S/C11H13FO4/c1-11(12,10(14)16-3)7-4-5-9(15-2)8(13)6-7/h4-6,13H,1-3H3. The van der Waals surface area contributed by atoms with Crippen molar-refractivity contribution in [3.8, 4) is 11.5 Å². The molecule has 0 aliphatic carbocycles. The van der Waals surface area contributed by atoms with E-state index in [0.717, 1.165) is 20.1 Å². The summed E-state index contributed by atoms with van der Waals surface area (Å²) in [5, 5.41) is 9.47. The van der Waals surface area contributed by atoms with Gasteiger partial charge in [-0.05, 0) is 19.1 Å². The minimum Gasteiger partial charge on any atom is -0.504 e. The third kappa shape index (κ3) is 2.08. The van der Waals surface area contributed by atoms with E-state index < -0.39 is 11.6 Å². The van der Waals surface area contributed by atoms with Crippen LogP contribution in [-0.2, 0) is 15.2 Å². The van der Waals surface area contributed by atoms with Crippen LogP contribution in [0.1, 0.15) is 12.5 Å². The van der Waals surface area contributed by atoms with Gasteiger partial charge in [-0.2, -0.15) is 0 Å². The van der Waals surface area contributed by atoms with Gasteiger partial charge in [-0.15, -0.1) is 0 Å². The number of hydrogen-bond donors (Lipinski definition) is 1. The van der Waals surface area contributed by atoms with Crippen molar-refractivity contribution in [3.63, 3.8) is 0 Å². The minimum absolute atomic E-state index is 0.0117. The zero-order chi connectivity index (χ0) is 12.3. The van der Waals surface area contributed by atoms with Crippen LogP contribution in [0.3, 0.4) is 0 Å². The second-order valence-electron chi connectivity index (χ2n) is 3.38. The molecule has 1 atom stereocenters. The fraction of sp³-hybridized carbons (Fsp3) is 0.364. The molecule has 16 heavy (non-hydrogen) atoms. The van der Waals surface area contributed by atoms with Gasteiger partial charge >= 0.3 is 5.97 Å². The van der Waals surface area contributed by atoms with E-state index in [1.54, 1.807) is 0 Å². The highest BCUT2D eigenvalue weighted by Crippen LogP contribution is 2.33. The maximum Gasteiger partial charge on any atom is 0.348 e. The van der Waals surface area contributed by atoms with Crippen LogP contribution in [0.4, 0.5) is 4.39 Å². The van der Waals surface area contributed by atoms with Crippen LogP contribution in [0, 0.1) is 0 Å². The zero-order valence-corrected chi connectivity index (χ0v) is 9.28. The molecule has 1 N–H and O–H groups in total. The highest BCUT2D eigenvalue weighted by atomic mass is 19.1. The third-order valence-electron chi connectivity index (χ3n) is 2.29. The average Bonchev–Trinajstić information content (AvgIpc) is 2.27. The molecule has 0 aliphatic rings. The van der Waals surface area contributed by atoms with Gasteiger partial charge in [-0.3, -0.25) is 0 Å². The summed E-state index contributed by atoms with van der Waals surface area (Å²) < 4.78 is 23.2. The molecule has 0 radical (unpaired) electrons. The van der Waals surface area contributed by atoms with Gasteiger partial charge in [0.25, 0.3) is 0 Å². The summed E-state index contributed by atoms with van der Waals surface area (Å²) >= 11 is 0. The number of carbonyl (C=O) groups excluding carboxylic acids is 1. The number of aromatic hydroxyl groups is 1. The number of carbonyl (C=O) groups is 1. The van der Waals surface area contributed by atoms with Crippen molar-refractivity contribution in [1.29, 1.82) is 0 Å². The van der Waals surface area contributed by atoms with Gasteiger partial charge in [0.2, 0.25) is 5.67 Å². The molecule has 5 heteroatoms. The van der Waals surface area contributed by atoms with Crippen LogP contribution in [0.15, 0.2) is 18.2 Å². The molecule has 4 nitrogen and oxygen atoms in total.